The Morgan fingerprint density at radius 3 is 2.82 bits per heavy atom. The number of hydrogen-bond donors (Lipinski definition) is 1. The summed E-state index contributed by atoms with van der Waals surface area (Å²) in [5.41, 5.74) is 0.881. The summed E-state index contributed by atoms with van der Waals surface area (Å²) in [7, 11) is 0. The van der Waals surface area contributed by atoms with Gasteiger partial charge in [0, 0.05) is 12.1 Å². The molecule has 1 heterocycles. The van der Waals surface area contributed by atoms with E-state index in [0.717, 1.165) is 30.1 Å². The number of nitro groups is 1. The maximum absolute atomic E-state index is 10.6. The van der Waals surface area contributed by atoms with E-state index in [1.165, 1.54) is 12.6 Å². The molecule has 0 amide bonds. The molecule has 5 heteroatoms. The highest BCUT2D eigenvalue weighted by atomic mass is 16.6. The molecule has 1 aromatic heterocycles. The highest BCUT2D eigenvalue weighted by Gasteiger charge is 2.22. The topological polar surface area (TPSA) is 68.1 Å². The summed E-state index contributed by atoms with van der Waals surface area (Å²) >= 11 is 0. The minimum Gasteiger partial charge on any atom is -0.367 e. The van der Waals surface area contributed by atoms with Crippen LogP contribution in [-0.4, -0.2) is 15.9 Å². The molecule has 0 aliphatic heterocycles. The van der Waals surface area contributed by atoms with Crippen LogP contribution >= 0.6 is 0 Å². The number of nitrogens with one attached hydrogen (secondary N) is 1. The van der Waals surface area contributed by atoms with E-state index in [0.29, 0.717) is 6.04 Å². The van der Waals surface area contributed by atoms with Gasteiger partial charge in [0.1, 0.15) is 12.0 Å². The zero-order valence-electron chi connectivity index (χ0n) is 10.1. The Morgan fingerprint density at radius 1 is 1.53 bits per heavy atom. The Bertz CT molecular complexity index is 434. The van der Waals surface area contributed by atoms with E-state index in [-0.39, 0.29) is 5.69 Å². The fourth-order valence-electron chi connectivity index (χ4n) is 2.34. The van der Waals surface area contributed by atoms with Crippen LogP contribution in [0.3, 0.4) is 0 Å². The average molecular weight is 235 g/mol. The third kappa shape index (κ3) is 2.72. The Balaban J connectivity index is 2.09. The molecule has 1 aliphatic rings. The van der Waals surface area contributed by atoms with Crippen molar-refractivity contribution in [3.8, 4) is 0 Å². The van der Waals surface area contributed by atoms with Crippen molar-refractivity contribution in [3.05, 3.63) is 27.9 Å². The molecule has 2 atom stereocenters. The summed E-state index contributed by atoms with van der Waals surface area (Å²) in [4.78, 5) is 14.3. The van der Waals surface area contributed by atoms with Crippen LogP contribution in [0.15, 0.2) is 12.3 Å². The normalized spacial score (nSPS) is 23.6. The highest BCUT2D eigenvalue weighted by molar-refractivity contribution is 5.48. The van der Waals surface area contributed by atoms with Gasteiger partial charge in [0.05, 0.1) is 4.92 Å². The molecule has 1 aromatic rings. The van der Waals surface area contributed by atoms with E-state index in [2.05, 4.69) is 17.2 Å². The minimum absolute atomic E-state index is 0.0489. The van der Waals surface area contributed by atoms with Crippen LogP contribution in [0, 0.1) is 23.0 Å². The van der Waals surface area contributed by atoms with Crippen molar-refractivity contribution < 1.29 is 4.92 Å². The smallest absolute Gasteiger partial charge is 0.287 e. The van der Waals surface area contributed by atoms with Crippen molar-refractivity contribution in [1.29, 1.82) is 0 Å². The van der Waals surface area contributed by atoms with E-state index in [1.54, 1.807) is 6.07 Å². The molecule has 1 fully saturated rings. The molecule has 0 radical (unpaired) electrons. The molecule has 0 spiro atoms. The third-order valence-electron chi connectivity index (χ3n) is 3.31. The monoisotopic (exact) mass is 235 g/mol. The molecule has 0 saturated heterocycles. The van der Waals surface area contributed by atoms with Crippen molar-refractivity contribution in [2.75, 3.05) is 5.32 Å². The minimum atomic E-state index is -0.415. The molecular formula is C12H17N3O2. The van der Waals surface area contributed by atoms with E-state index in [1.807, 2.05) is 6.92 Å². The van der Waals surface area contributed by atoms with Gasteiger partial charge in [-0.2, -0.15) is 0 Å². The zero-order valence-corrected chi connectivity index (χ0v) is 10.1. The molecule has 0 bridgehead atoms. The van der Waals surface area contributed by atoms with Crippen molar-refractivity contribution >= 4 is 11.5 Å². The first-order valence-corrected chi connectivity index (χ1v) is 5.94. The van der Waals surface area contributed by atoms with Crippen molar-refractivity contribution in [3.63, 3.8) is 0 Å². The van der Waals surface area contributed by atoms with Gasteiger partial charge in [0.15, 0.2) is 0 Å². The second-order valence-corrected chi connectivity index (χ2v) is 4.88. The fraction of sp³-hybridized carbons (Fsp3) is 0.583. The number of rotatable bonds is 3. The van der Waals surface area contributed by atoms with Gasteiger partial charge in [-0.25, -0.2) is 4.98 Å². The van der Waals surface area contributed by atoms with Gasteiger partial charge in [-0.15, -0.1) is 0 Å². The Morgan fingerprint density at radius 2 is 2.29 bits per heavy atom. The van der Waals surface area contributed by atoms with Crippen LogP contribution in [0.4, 0.5) is 11.5 Å². The summed E-state index contributed by atoms with van der Waals surface area (Å²) in [6.07, 6.45) is 4.86. The van der Waals surface area contributed by atoms with Gasteiger partial charge < -0.3 is 5.32 Å². The van der Waals surface area contributed by atoms with E-state index in [9.17, 15) is 10.1 Å². The summed E-state index contributed by atoms with van der Waals surface area (Å²) in [6.45, 7) is 4.10. The lowest BCUT2D eigenvalue weighted by Crippen LogP contribution is -2.17. The van der Waals surface area contributed by atoms with Gasteiger partial charge in [0.25, 0.3) is 5.69 Å². The predicted octanol–water partition coefficient (Wildman–Crippen LogP) is 2.90. The van der Waals surface area contributed by atoms with E-state index >= 15 is 0 Å². The predicted molar refractivity (Wildman–Crippen MR) is 66.1 cm³/mol. The molecule has 2 unspecified atom stereocenters. The number of aromatic nitrogens is 1. The molecule has 17 heavy (non-hydrogen) atoms. The summed E-state index contributed by atoms with van der Waals surface area (Å²) in [5, 5.41) is 14.0. The second kappa shape index (κ2) is 4.69. The molecule has 1 aliphatic carbocycles. The number of aryl methyl sites for hydroxylation is 1. The van der Waals surface area contributed by atoms with Crippen LogP contribution in [0.5, 0.6) is 0 Å². The van der Waals surface area contributed by atoms with E-state index in [4.69, 9.17) is 0 Å². The number of nitrogens with zero attached hydrogens (tertiary/aromatic N) is 2. The molecular weight excluding hydrogens is 218 g/mol. The highest BCUT2D eigenvalue weighted by Crippen LogP contribution is 2.28. The first-order valence-electron chi connectivity index (χ1n) is 5.94. The van der Waals surface area contributed by atoms with Gasteiger partial charge in [-0.05, 0) is 37.7 Å². The number of hydrogen-bond acceptors (Lipinski definition) is 4. The molecule has 5 nitrogen and oxygen atoms in total. The molecule has 1 N–H and O–H groups in total. The first-order chi connectivity index (χ1) is 8.06. The van der Waals surface area contributed by atoms with Crippen molar-refractivity contribution in [2.24, 2.45) is 5.92 Å². The van der Waals surface area contributed by atoms with Crippen LogP contribution in [0.2, 0.25) is 0 Å². The van der Waals surface area contributed by atoms with Crippen LogP contribution in [0.1, 0.15) is 31.7 Å². The number of pyridine rings is 1. The summed E-state index contributed by atoms with van der Waals surface area (Å²) in [6, 6.07) is 2.02. The standard InChI is InChI=1S/C12H17N3O2/c1-8-3-4-10(5-8)14-12-9(2)6-11(7-13-12)15(16)17/h6-8,10H,3-5H2,1-2H3,(H,13,14). The van der Waals surface area contributed by atoms with Crippen LogP contribution < -0.4 is 5.32 Å². The Kier molecular flexibility index (Phi) is 3.26. The van der Waals surface area contributed by atoms with Crippen LogP contribution in [-0.2, 0) is 0 Å². The molecule has 0 aromatic carbocycles. The van der Waals surface area contributed by atoms with Crippen molar-refractivity contribution in [1.82, 2.24) is 4.98 Å². The molecule has 1 saturated carbocycles. The fourth-order valence-corrected chi connectivity index (χ4v) is 2.34. The SMILES string of the molecule is Cc1cc([N+](=O)[O-])cnc1NC1CCC(C)C1. The van der Waals surface area contributed by atoms with Crippen LogP contribution in [0.25, 0.3) is 0 Å². The molecule has 92 valence electrons. The van der Waals surface area contributed by atoms with E-state index < -0.39 is 4.92 Å². The average Bonchev–Trinajstić information content (AvgIpc) is 2.67. The van der Waals surface area contributed by atoms with Gasteiger partial charge in [-0.3, -0.25) is 10.1 Å². The Labute approximate surface area is 100 Å². The third-order valence-corrected chi connectivity index (χ3v) is 3.31. The maximum Gasteiger partial charge on any atom is 0.287 e. The maximum atomic E-state index is 10.6. The van der Waals surface area contributed by atoms with Gasteiger partial charge in [-0.1, -0.05) is 6.92 Å². The molecule has 2 rings (SSSR count). The quantitative estimate of drug-likeness (QED) is 0.646. The summed E-state index contributed by atoms with van der Waals surface area (Å²) < 4.78 is 0. The van der Waals surface area contributed by atoms with Gasteiger partial charge >= 0.3 is 0 Å². The summed E-state index contributed by atoms with van der Waals surface area (Å²) in [5.74, 6) is 1.53. The largest absolute Gasteiger partial charge is 0.367 e. The van der Waals surface area contributed by atoms with Crippen molar-refractivity contribution in [2.45, 2.75) is 39.2 Å². The number of anilines is 1. The first kappa shape index (κ1) is 11.8. The zero-order chi connectivity index (χ0) is 12.4. The lowest BCUT2D eigenvalue weighted by molar-refractivity contribution is -0.385. The second-order valence-electron chi connectivity index (χ2n) is 4.88. The Hall–Kier alpha value is -1.65. The van der Waals surface area contributed by atoms with Gasteiger partial charge in [0.2, 0.25) is 0 Å². The lowest BCUT2D eigenvalue weighted by Gasteiger charge is -2.14. The lowest BCUT2D eigenvalue weighted by atomic mass is 10.1.